The van der Waals surface area contributed by atoms with Crippen LogP contribution in [-0.2, 0) is 6.42 Å². The van der Waals surface area contributed by atoms with E-state index in [1.807, 2.05) is 6.07 Å². The van der Waals surface area contributed by atoms with Gasteiger partial charge in [0.2, 0.25) is 0 Å². The summed E-state index contributed by atoms with van der Waals surface area (Å²) in [6, 6.07) is 8.46. The number of hydrogen-bond donors (Lipinski definition) is 2. The van der Waals surface area contributed by atoms with Crippen molar-refractivity contribution >= 4 is 6.09 Å². The molecule has 114 valence electrons. The Balaban J connectivity index is 2.00. The third-order valence-electron chi connectivity index (χ3n) is 3.99. The second-order valence-corrected chi connectivity index (χ2v) is 5.43. The third-order valence-corrected chi connectivity index (χ3v) is 3.99. The van der Waals surface area contributed by atoms with Gasteiger partial charge in [-0.2, -0.15) is 0 Å². The summed E-state index contributed by atoms with van der Waals surface area (Å²) in [7, 11) is 0. The summed E-state index contributed by atoms with van der Waals surface area (Å²) in [5.74, 6) is -0.961. The van der Waals surface area contributed by atoms with Gasteiger partial charge in [-0.25, -0.2) is 13.6 Å². The first-order valence-electron chi connectivity index (χ1n) is 7.12. The molecule has 3 nitrogen and oxygen atoms in total. The highest BCUT2D eigenvalue weighted by atomic mass is 19.1. The maximum absolute atomic E-state index is 13.9. The van der Waals surface area contributed by atoms with Crippen molar-refractivity contribution in [3.8, 4) is 11.1 Å². The molecule has 1 amide bonds. The molecule has 3 rings (SSSR count). The number of amides is 1. The van der Waals surface area contributed by atoms with E-state index < -0.39 is 17.7 Å². The molecule has 2 N–H and O–H groups in total. The molecule has 1 aliphatic rings. The fourth-order valence-corrected chi connectivity index (χ4v) is 3.00. The number of nitrogens with one attached hydrogen (secondary N) is 1. The predicted molar refractivity (Wildman–Crippen MR) is 78.6 cm³/mol. The lowest BCUT2D eigenvalue weighted by molar-refractivity contribution is 0.188. The molecule has 5 heteroatoms. The first-order valence-corrected chi connectivity index (χ1v) is 7.12. The van der Waals surface area contributed by atoms with Crippen LogP contribution in [0.25, 0.3) is 11.1 Å². The Morgan fingerprint density at radius 2 is 2.00 bits per heavy atom. The Kier molecular flexibility index (Phi) is 3.79. The molecule has 0 fully saturated rings. The highest BCUT2D eigenvalue weighted by molar-refractivity contribution is 5.68. The van der Waals surface area contributed by atoms with Gasteiger partial charge in [-0.05, 0) is 54.2 Å². The molecule has 0 saturated heterocycles. The summed E-state index contributed by atoms with van der Waals surface area (Å²) in [5.41, 5.74) is 2.71. The largest absolute Gasteiger partial charge is 0.465 e. The van der Waals surface area contributed by atoms with Crippen LogP contribution in [0.15, 0.2) is 36.4 Å². The third kappa shape index (κ3) is 2.79. The van der Waals surface area contributed by atoms with E-state index in [0.717, 1.165) is 42.5 Å². The van der Waals surface area contributed by atoms with Crippen LogP contribution in [0.2, 0.25) is 0 Å². The lowest BCUT2D eigenvalue weighted by Crippen LogP contribution is -2.29. The van der Waals surface area contributed by atoms with Crippen LogP contribution in [0.4, 0.5) is 13.6 Å². The standard InChI is InChI=1S/C17H15F2NO2/c18-12-5-7-15(19)14(9-12)11-4-6-13-10(8-11)2-1-3-16(13)20-17(21)22/h4-9,16,20H,1-3H2,(H,21,22). The summed E-state index contributed by atoms with van der Waals surface area (Å²) in [6.07, 6.45) is 1.34. The molecule has 22 heavy (non-hydrogen) atoms. The van der Waals surface area contributed by atoms with Crippen molar-refractivity contribution in [2.75, 3.05) is 0 Å². The van der Waals surface area contributed by atoms with Gasteiger partial charge in [-0.15, -0.1) is 0 Å². The predicted octanol–water partition coefficient (Wildman–Crippen LogP) is 4.28. The Morgan fingerprint density at radius 3 is 2.77 bits per heavy atom. The average molecular weight is 303 g/mol. The number of aryl methyl sites for hydroxylation is 1. The first kappa shape index (κ1) is 14.5. The lowest BCUT2D eigenvalue weighted by atomic mass is 9.85. The number of hydrogen-bond acceptors (Lipinski definition) is 1. The Labute approximate surface area is 126 Å². The van der Waals surface area contributed by atoms with E-state index in [0.29, 0.717) is 5.56 Å². The number of rotatable bonds is 2. The molecule has 1 atom stereocenters. The molecule has 0 bridgehead atoms. The molecule has 0 radical (unpaired) electrons. The molecule has 0 aromatic heterocycles. The highest BCUT2D eigenvalue weighted by Gasteiger charge is 2.22. The van der Waals surface area contributed by atoms with Crippen LogP contribution in [0, 0.1) is 11.6 Å². The zero-order valence-corrected chi connectivity index (χ0v) is 11.8. The van der Waals surface area contributed by atoms with Crippen molar-refractivity contribution in [1.29, 1.82) is 0 Å². The highest BCUT2D eigenvalue weighted by Crippen LogP contribution is 2.33. The van der Waals surface area contributed by atoms with E-state index in [2.05, 4.69) is 5.32 Å². The van der Waals surface area contributed by atoms with Crippen molar-refractivity contribution in [3.63, 3.8) is 0 Å². The fourth-order valence-electron chi connectivity index (χ4n) is 3.00. The van der Waals surface area contributed by atoms with Gasteiger partial charge < -0.3 is 10.4 Å². The van der Waals surface area contributed by atoms with Gasteiger partial charge in [0.1, 0.15) is 11.6 Å². The van der Waals surface area contributed by atoms with E-state index in [1.165, 1.54) is 6.07 Å². The Bertz CT molecular complexity index is 731. The first-order chi connectivity index (χ1) is 10.5. The van der Waals surface area contributed by atoms with Crippen molar-refractivity contribution in [3.05, 3.63) is 59.2 Å². The van der Waals surface area contributed by atoms with Crippen LogP contribution in [0.1, 0.15) is 30.0 Å². The number of carboxylic acid groups (broad SMARTS) is 1. The van der Waals surface area contributed by atoms with Gasteiger partial charge in [0, 0.05) is 5.56 Å². The van der Waals surface area contributed by atoms with E-state index >= 15 is 0 Å². The monoisotopic (exact) mass is 303 g/mol. The number of carbonyl (C=O) groups is 1. The van der Waals surface area contributed by atoms with Gasteiger partial charge in [0.15, 0.2) is 0 Å². The second-order valence-electron chi connectivity index (χ2n) is 5.43. The lowest BCUT2D eigenvalue weighted by Gasteiger charge is -2.26. The van der Waals surface area contributed by atoms with E-state index in [4.69, 9.17) is 5.11 Å². The van der Waals surface area contributed by atoms with Crippen LogP contribution in [0.5, 0.6) is 0 Å². The molecule has 0 spiro atoms. The average Bonchev–Trinajstić information content (AvgIpc) is 2.49. The fraction of sp³-hybridized carbons (Fsp3) is 0.235. The molecule has 0 aliphatic heterocycles. The van der Waals surface area contributed by atoms with Crippen LogP contribution >= 0.6 is 0 Å². The SMILES string of the molecule is O=C(O)NC1CCCc2cc(-c3cc(F)ccc3F)ccc21. The van der Waals surface area contributed by atoms with Crippen LogP contribution in [-0.4, -0.2) is 11.2 Å². The maximum atomic E-state index is 13.9. The summed E-state index contributed by atoms with van der Waals surface area (Å²) in [5, 5.41) is 11.4. The van der Waals surface area contributed by atoms with Crippen molar-refractivity contribution in [2.45, 2.75) is 25.3 Å². The zero-order valence-electron chi connectivity index (χ0n) is 11.8. The van der Waals surface area contributed by atoms with Crippen molar-refractivity contribution in [1.82, 2.24) is 5.32 Å². The maximum Gasteiger partial charge on any atom is 0.405 e. The summed E-state index contributed by atoms with van der Waals surface area (Å²) < 4.78 is 27.2. The van der Waals surface area contributed by atoms with Crippen LogP contribution in [0.3, 0.4) is 0 Å². The molecule has 2 aromatic rings. The van der Waals surface area contributed by atoms with Crippen LogP contribution < -0.4 is 5.32 Å². The minimum atomic E-state index is -1.06. The minimum absolute atomic E-state index is 0.219. The second kappa shape index (κ2) is 5.75. The van der Waals surface area contributed by atoms with Crippen molar-refractivity contribution < 1.29 is 18.7 Å². The topological polar surface area (TPSA) is 49.3 Å². The summed E-state index contributed by atoms with van der Waals surface area (Å²) in [6.45, 7) is 0. The van der Waals surface area contributed by atoms with E-state index in [-0.39, 0.29) is 11.6 Å². The summed E-state index contributed by atoms with van der Waals surface area (Å²) >= 11 is 0. The van der Waals surface area contributed by atoms with Gasteiger partial charge in [0.05, 0.1) is 6.04 Å². The Hall–Kier alpha value is -2.43. The van der Waals surface area contributed by atoms with Crippen molar-refractivity contribution in [2.24, 2.45) is 0 Å². The molecule has 1 aliphatic carbocycles. The smallest absolute Gasteiger partial charge is 0.405 e. The molecule has 2 aromatic carbocycles. The van der Waals surface area contributed by atoms with Gasteiger partial charge in [-0.1, -0.05) is 18.2 Å². The molecule has 1 unspecified atom stereocenters. The molecule has 0 saturated carbocycles. The zero-order chi connectivity index (χ0) is 15.7. The molecular formula is C17H15F2NO2. The normalized spacial score (nSPS) is 16.9. The minimum Gasteiger partial charge on any atom is -0.465 e. The van der Waals surface area contributed by atoms with E-state index in [9.17, 15) is 13.6 Å². The van der Waals surface area contributed by atoms with Gasteiger partial charge >= 0.3 is 6.09 Å². The van der Waals surface area contributed by atoms with E-state index in [1.54, 1.807) is 12.1 Å². The number of benzene rings is 2. The Morgan fingerprint density at radius 1 is 1.18 bits per heavy atom. The van der Waals surface area contributed by atoms with Gasteiger partial charge in [0.25, 0.3) is 0 Å². The number of halogens is 2. The molecular weight excluding hydrogens is 288 g/mol. The van der Waals surface area contributed by atoms with Gasteiger partial charge in [-0.3, -0.25) is 0 Å². The summed E-state index contributed by atoms with van der Waals surface area (Å²) in [4.78, 5) is 10.8. The molecule has 0 heterocycles. The number of fused-ring (bicyclic) bond motifs is 1. The quantitative estimate of drug-likeness (QED) is 0.870.